The summed E-state index contributed by atoms with van der Waals surface area (Å²) in [7, 11) is 0. The second kappa shape index (κ2) is 7.41. The number of amides is 1. The van der Waals surface area contributed by atoms with Crippen LogP contribution in [0.2, 0.25) is 0 Å². The highest BCUT2D eigenvalue weighted by atomic mass is 32.1. The summed E-state index contributed by atoms with van der Waals surface area (Å²) in [5.41, 5.74) is 3.40. The molecule has 0 radical (unpaired) electrons. The van der Waals surface area contributed by atoms with E-state index in [1.807, 2.05) is 72.7 Å². The standard InChI is InChI=1S/C20H20N2OS/c1-3-22(14-17-10-7-13-24-17)20(23)18-11-12-19(21-15(18)2)16-8-5-4-6-9-16/h4-13H,3,14H2,1-2H3. The van der Waals surface area contributed by atoms with Crippen molar-refractivity contribution in [3.05, 3.63) is 76.1 Å². The zero-order chi connectivity index (χ0) is 16.9. The number of benzene rings is 1. The Morgan fingerprint density at radius 1 is 1.08 bits per heavy atom. The Bertz CT molecular complexity index is 813. The van der Waals surface area contributed by atoms with E-state index >= 15 is 0 Å². The van der Waals surface area contributed by atoms with Crippen molar-refractivity contribution in [2.24, 2.45) is 0 Å². The topological polar surface area (TPSA) is 33.2 Å². The third kappa shape index (κ3) is 3.54. The van der Waals surface area contributed by atoms with Crippen molar-refractivity contribution < 1.29 is 4.79 Å². The highest BCUT2D eigenvalue weighted by Gasteiger charge is 2.18. The molecule has 0 aliphatic heterocycles. The van der Waals surface area contributed by atoms with E-state index in [1.165, 1.54) is 4.88 Å². The summed E-state index contributed by atoms with van der Waals surface area (Å²) >= 11 is 1.67. The van der Waals surface area contributed by atoms with Gasteiger partial charge in [-0.1, -0.05) is 36.4 Å². The molecule has 0 fully saturated rings. The van der Waals surface area contributed by atoms with Crippen LogP contribution in [0.4, 0.5) is 0 Å². The fourth-order valence-corrected chi connectivity index (χ4v) is 3.36. The van der Waals surface area contributed by atoms with Crippen molar-refractivity contribution in [1.29, 1.82) is 0 Å². The van der Waals surface area contributed by atoms with Gasteiger partial charge in [-0.05, 0) is 37.4 Å². The lowest BCUT2D eigenvalue weighted by molar-refractivity contribution is 0.0753. The largest absolute Gasteiger partial charge is 0.334 e. The van der Waals surface area contributed by atoms with E-state index in [9.17, 15) is 4.79 Å². The maximum atomic E-state index is 12.9. The van der Waals surface area contributed by atoms with E-state index in [1.54, 1.807) is 11.3 Å². The van der Waals surface area contributed by atoms with Crippen molar-refractivity contribution in [3.63, 3.8) is 0 Å². The van der Waals surface area contributed by atoms with Crippen LogP contribution in [0.5, 0.6) is 0 Å². The molecule has 4 heteroatoms. The van der Waals surface area contributed by atoms with E-state index in [2.05, 4.69) is 11.1 Å². The van der Waals surface area contributed by atoms with E-state index in [-0.39, 0.29) is 5.91 Å². The maximum Gasteiger partial charge on any atom is 0.256 e. The van der Waals surface area contributed by atoms with Gasteiger partial charge in [0, 0.05) is 17.0 Å². The van der Waals surface area contributed by atoms with Gasteiger partial charge in [0.25, 0.3) is 5.91 Å². The molecule has 0 aliphatic rings. The summed E-state index contributed by atoms with van der Waals surface area (Å²) in [5.74, 6) is 0.0375. The summed E-state index contributed by atoms with van der Waals surface area (Å²) in [6.07, 6.45) is 0. The number of carbonyl (C=O) groups excluding carboxylic acids is 1. The molecule has 0 aliphatic carbocycles. The third-order valence-electron chi connectivity index (χ3n) is 3.98. The molecule has 3 nitrogen and oxygen atoms in total. The Labute approximate surface area is 146 Å². The molecular formula is C20H20N2OS. The van der Waals surface area contributed by atoms with Gasteiger partial charge in [-0.3, -0.25) is 9.78 Å². The Kier molecular flexibility index (Phi) is 5.06. The van der Waals surface area contributed by atoms with Gasteiger partial charge >= 0.3 is 0 Å². The number of nitrogens with zero attached hydrogens (tertiary/aromatic N) is 2. The van der Waals surface area contributed by atoms with Crippen molar-refractivity contribution in [2.45, 2.75) is 20.4 Å². The molecule has 2 aromatic heterocycles. The Hall–Kier alpha value is -2.46. The van der Waals surface area contributed by atoms with Crippen LogP contribution in [0.1, 0.15) is 27.9 Å². The van der Waals surface area contributed by atoms with Crippen LogP contribution >= 0.6 is 11.3 Å². The van der Waals surface area contributed by atoms with Crippen LogP contribution in [0.3, 0.4) is 0 Å². The summed E-state index contributed by atoms with van der Waals surface area (Å²) in [6.45, 7) is 5.23. The molecule has 0 saturated carbocycles. The van der Waals surface area contributed by atoms with Crippen LogP contribution < -0.4 is 0 Å². The highest BCUT2D eigenvalue weighted by Crippen LogP contribution is 2.20. The lowest BCUT2D eigenvalue weighted by atomic mass is 10.1. The first-order chi connectivity index (χ1) is 11.7. The first-order valence-electron chi connectivity index (χ1n) is 8.03. The van der Waals surface area contributed by atoms with Gasteiger partial charge in [0.05, 0.1) is 23.5 Å². The minimum absolute atomic E-state index is 0.0375. The second-order valence-electron chi connectivity index (χ2n) is 5.59. The summed E-state index contributed by atoms with van der Waals surface area (Å²) in [6, 6.07) is 17.9. The average molecular weight is 336 g/mol. The molecule has 3 aromatic rings. The molecular weight excluding hydrogens is 316 g/mol. The number of rotatable bonds is 5. The second-order valence-corrected chi connectivity index (χ2v) is 6.63. The Morgan fingerprint density at radius 2 is 1.88 bits per heavy atom. The normalized spacial score (nSPS) is 10.6. The van der Waals surface area contributed by atoms with Crippen molar-refractivity contribution in [2.75, 3.05) is 6.54 Å². The number of hydrogen-bond acceptors (Lipinski definition) is 3. The predicted octanol–water partition coefficient (Wildman–Crippen LogP) is 4.78. The quantitative estimate of drug-likeness (QED) is 0.672. The minimum Gasteiger partial charge on any atom is -0.334 e. The van der Waals surface area contributed by atoms with Crippen molar-refractivity contribution in [1.82, 2.24) is 9.88 Å². The first-order valence-corrected chi connectivity index (χ1v) is 8.91. The SMILES string of the molecule is CCN(Cc1cccs1)C(=O)c1ccc(-c2ccccc2)nc1C. The van der Waals surface area contributed by atoms with Gasteiger partial charge in [-0.15, -0.1) is 11.3 Å². The fourth-order valence-electron chi connectivity index (χ4n) is 2.64. The predicted molar refractivity (Wildman–Crippen MR) is 99.1 cm³/mol. The van der Waals surface area contributed by atoms with Crippen LogP contribution in [0.15, 0.2) is 60.0 Å². The number of carbonyl (C=O) groups is 1. The molecule has 0 unspecified atom stereocenters. The molecule has 1 aromatic carbocycles. The fraction of sp³-hybridized carbons (Fsp3) is 0.200. The van der Waals surface area contributed by atoms with Crippen molar-refractivity contribution in [3.8, 4) is 11.3 Å². The van der Waals surface area contributed by atoms with Gasteiger partial charge in [-0.2, -0.15) is 0 Å². The van der Waals surface area contributed by atoms with E-state index in [0.29, 0.717) is 18.7 Å². The molecule has 122 valence electrons. The molecule has 0 atom stereocenters. The summed E-state index contributed by atoms with van der Waals surface area (Å²) in [4.78, 5) is 20.5. The minimum atomic E-state index is 0.0375. The molecule has 0 bridgehead atoms. The van der Waals surface area contributed by atoms with Gasteiger partial charge in [-0.25, -0.2) is 0 Å². The van der Waals surface area contributed by atoms with Crippen LogP contribution in [-0.2, 0) is 6.54 Å². The van der Waals surface area contributed by atoms with Crippen LogP contribution in [0.25, 0.3) is 11.3 Å². The maximum absolute atomic E-state index is 12.9. The number of aromatic nitrogens is 1. The third-order valence-corrected chi connectivity index (χ3v) is 4.84. The highest BCUT2D eigenvalue weighted by molar-refractivity contribution is 7.09. The van der Waals surface area contributed by atoms with Crippen molar-refractivity contribution >= 4 is 17.2 Å². The van der Waals surface area contributed by atoms with E-state index in [4.69, 9.17) is 0 Å². The number of hydrogen-bond donors (Lipinski definition) is 0. The van der Waals surface area contributed by atoms with Gasteiger partial charge in [0.15, 0.2) is 0 Å². The molecule has 3 rings (SSSR count). The smallest absolute Gasteiger partial charge is 0.256 e. The Balaban J connectivity index is 1.84. The van der Waals surface area contributed by atoms with E-state index in [0.717, 1.165) is 17.0 Å². The molecule has 2 heterocycles. The van der Waals surface area contributed by atoms with Crippen LogP contribution in [-0.4, -0.2) is 22.3 Å². The lowest BCUT2D eigenvalue weighted by Gasteiger charge is -2.21. The van der Waals surface area contributed by atoms with Gasteiger partial charge in [0.1, 0.15) is 0 Å². The monoisotopic (exact) mass is 336 g/mol. The molecule has 0 N–H and O–H groups in total. The van der Waals surface area contributed by atoms with E-state index < -0.39 is 0 Å². The Morgan fingerprint density at radius 3 is 2.50 bits per heavy atom. The summed E-state index contributed by atoms with van der Waals surface area (Å²) < 4.78 is 0. The first kappa shape index (κ1) is 16.4. The van der Waals surface area contributed by atoms with Crippen LogP contribution in [0, 0.1) is 6.92 Å². The average Bonchev–Trinajstić information content (AvgIpc) is 3.13. The van der Waals surface area contributed by atoms with Gasteiger partial charge < -0.3 is 4.90 Å². The lowest BCUT2D eigenvalue weighted by Crippen LogP contribution is -2.30. The number of aryl methyl sites for hydroxylation is 1. The molecule has 0 spiro atoms. The zero-order valence-electron chi connectivity index (χ0n) is 13.9. The number of thiophene rings is 1. The molecule has 1 amide bonds. The number of pyridine rings is 1. The van der Waals surface area contributed by atoms with Gasteiger partial charge in [0.2, 0.25) is 0 Å². The molecule has 24 heavy (non-hydrogen) atoms. The zero-order valence-corrected chi connectivity index (χ0v) is 14.7. The molecule has 0 saturated heterocycles. The summed E-state index contributed by atoms with van der Waals surface area (Å²) in [5, 5.41) is 2.04.